The van der Waals surface area contributed by atoms with Crippen molar-refractivity contribution in [1.29, 1.82) is 0 Å². The molecule has 0 amide bonds. The van der Waals surface area contributed by atoms with Gasteiger partial charge < -0.3 is 0 Å². The second-order valence-electron chi connectivity index (χ2n) is 4.97. The van der Waals surface area contributed by atoms with E-state index in [1.165, 1.54) is 10.6 Å². The van der Waals surface area contributed by atoms with E-state index in [1.807, 2.05) is 0 Å². The lowest BCUT2D eigenvalue weighted by molar-refractivity contribution is 0.0767. The zero-order valence-corrected chi connectivity index (χ0v) is 12.6. The first-order valence-electron chi connectivity index (χ1n) is 6.34. The van der Waals surface area contributed by atoms with Crippen LogP contribution < -0.4 is 0 Å². The van der Waals surface area contributed by atoms with Gasteiger partial charge in [-0.05, 0) is 18.8 Å². The third-order valence-electron chi connectivity index (χ3n) is 3.26. The molecule has 1 heterocycles. The first-order valence-corrected chi connectivity index (χ1v) is 8.72. The van der Waals surface area contributed by atoms with E-state index in [-0.39, 0.29) is 12.5 Å². The Morgan fingerprint density at radius 1 is 1.47 bits per heavy atom. The van der Waals surface area contributed by atoms with Gasteiger partial charge in [0.05, 0.1) is 12.8 Å². The number of hydrogen-bond acceptors (Lipinski definition) is 3. The lowest BCUT2D eigenvalue weighted by Crippen LogP contribution is -2.44. The van der Waals surface area contributed by atoms with E-state index in [2.05, 4.69) is 0 Å². The van der Waals surface area contributed by atoms with Gasteiger partial charge in [0.25, 0.3) is 6.43 Å². The molecule has 0 radical (unpaired) electrons. The van der Waals surface area contributed by atoms with Gasteiger partial charge in [-0.15, -0.1) is 11.6 Å². The maximum Gasteiger partial charge on any atom is 0.251 e. The average Bonchev–Trinajstić information content (AvgIpc) is 2.27. The van der Waals surface area contributed by atoms with E-state index in [1.54, 1.807) is 4.90 Å². The van der Waals surface area contributed by atoms with Crippen molar-refractivity contribution in [3.05, 3.63) is 0 Å². The maximum absolute atomic E-state index is 12.4. The van der Waals surface area contributed by atoms with Crippen molar-refractivity contribution in [1.82, 2.24) is 9.21 Å². The van der Waals surface area contributed by atoms with Gasteiger partial charge in [-0.2, -0.15) is 0 Å². The molecule has 1 saturated heterocycles. The Balaban J connectivity index is 2.54. The van der Waals surface area contributed by atoms with Crippen molar-refractivity contribution >= 4 is 21.6 Å². The van der Waals surface area contributed by atoms with Crippen LogP contribution in [0.1, 0.15) is 12.8 Å². The highest BCUT2D eigenvalue weighted by Crippen LogP contribution is 2.20. The average molecular weight is 319 g/mol. The topological polar surface area (TPSA) is 40.6 Å². The number of piperidine rings is 1. The normalized spacial score (nSPS) is 22.3. The summed E-state index contributed by atoms with van der Waals surface area (Å²) in [5.41, 5.74) is 0. The molecule has 0 aromatic rings. The van der Waals surface area contributed by atoms with Crippen LogP contribution in [0.4, 0.5) is 8.78 Å². The summed E-state index contributed by atoms with van der Waals surface area (Å²) in [7, 11) is -3.19. The van der Waals surface area contributed by atoms with Crippen LogP contribution in [0.3, 0.4) is 0 Å². The van der Waals surface area contributed by atoms with Crippen LogP contribution in [0.15, 0.2) is 0 Å². The van der Waals surface area contributed by atoms with E-state index < -0.39 is 16.4 Å². The molecule has 1 rings (SSSR count). The van der Waals surface area contributed by atoms with Gasteiger partial charge in [0.2, 0.25) is 10.0 Å². The van der Waals surface area contributed by atoms with E-state index in [4.69, 9.17) is 11.6 Å². The number of sulfonamides is 1. The fourth-order valence-electron chi connectivity index (χ4n) is 2.41. The molecule has 1 aliphatic rings. The van der Waals surface area contributed by atoms with Crippen molar-refractivity contribution in [3.63, 3.8) is 0 Å². The molecular weight excluding hydrogens is 298 g/mol. The third-order valence-corrected chi connectivity index (χ3v) is 4.70. The van der Waals surface area contributed by atoms with E-state index in [0.717, 1.165) is 12.8 Å². The number of halogens is 3. The molecule has 0 saturated carbocycles. The van der Waals surface area contributed by atoms with Crippen molar-refractivity contribution in [2.24, 2.45) is 5.92 Å². The molecule has 0 aromatic carbocycles. The van der Waals surface area contributed by atoms with Crippen molar-refractivity contribution < 1.29 is 17.2 Å². The Morgan fingerprint density at radius 3 is 2.68 bits per heavy atom. The van der Waals surface area contributed by atoms with E-state index >= 15 is 0 Å². The van der Waals surface area contributed by atoms with E-state index in [9.17, 15) is 17.2 Å². The molecule has 19 heavy (non-hydrogen) atoms. The number of alkyl halides is 3. The van der Waals surface area contributed by atoms with Crippen LogP contribution in [0.2, 0.25) is 0 Å². The molecule has 8 heteroatoms. The summed E-state index contributed by atoms with van der Waals surface area (Å²) in [6.07, 6.45) is 0.443. The van der Waals surface area contributed by atoms with Crippen molar-refractivity contribution in [2.45, 2.75) is 19.3 Å². The SMILES string of the molecule is CS(=O)(=O)N1CCCC(CN(CCCl)CC(F)F)C1. The summed E-state index contributed by atoms with van der Waals surface area (Å²) in [5.74, 6) is 0.403. The zero-order chi connectivity index (χ0) is 14.5. The van der Waals surface area contributed by atoms with E-state index in [0.29, 0.717) is 32.1 Å². The molecule has 1 atom stereocenters. The van der Waals surface area contributed by atoms with Crippen LogP contribution in [0.25, 0.3) is 0 Å². The molecule has 0 bridgehead atoms. The fourth-order valence-corrected chi connectivity index (χ4v) is 3.60. The molecule has 1 fully saturated rings. The Kier molecular flexibility index (Phi) is 6.93. The molecule has 0 N–H and O–H groups in total. The van der Waals surface area contributed by atoms with Crippen molar-refractivity contribution in [3.8, 4) is 0 Å². The van der Waals surface area contributed by atoms with Crippen LogP contribution in [-0.4, -0.2) is 68.9 Å². The molecule has 4 nitrogen and oxygen atoms in total. The van der Waals surface area contributed by atoms with Crippen LogP contribution in [-0.2, 0) is 10.0 Å². The van der Waals surface area contributed by atoms with Gasteiger partial charge in [0.1, 0.15) is 0 Å². The predicted molar refractivity (Wildman–Crippen MR) is 72.3 cm³/mol. The Hall–Kier alpha value is 0.0200. The first kappa shape index (κ1) is 17.1. The molecule has 1 unspecified atom stereocenters. The Labute approximate surface area is 118 Å². The van der Waals surface area contributed by atoms with Crippen LogP contribution in [0, 0.1) is 5.92 Å². The highest BCUT2D eigenvalue weighted by atomic mass is 35.5. The lowest BCUT2D eigenvalue weighted by Gasteiger charge is -2.34. The minimum atomic E-state index is -3.19. The molecule has 0 aromatic heterocycles. The summed E-state index contributed by atoms with van der Waals surface area (Å²) in [4.78, 5) is 1.62. The monoisotopic (exact) mass is 318 g/mol. The minimum absolute atomic E-state index is 0.102. The summed E-state index contributed by atoms with van der Waals surface area (Å²) in [5, 5.41) is 0. The third kappa shape index (κ3) is 6.33. The Bertz CT molecular complexity index is 368. The predicted octanol–water partition coefficient (Wildman–Crippen LogP) is 1.46. The maximum atomic E-state index is 12.4. The lowest BCUT2D eigenvalue weighted by atomic mass is 9.99. The second kappa shape index (κ2) is 7.71. The minimum Gasteiger partial charge on any atom is -0.296 e. The standard InChI is InChI=1S/C11H21ClF2N2O2S/c1-19(17,18)16-5-2-3-10(8-16)7-15(6-4-12)9-11(13)14/h10-11H,2-9H2,1H3. The van der Waals surface area contributed by atoms with Gasteiger partial charge in [0.15, 0.2) is 0 Å². The Morgan fingerprint density at radius 2 is 2.16 bits per heavy atom. The summed E-state index contributed by atoms with van der Waals surface area (Å²) in [6.45, 7) is 1.52. The molecule has 0 aliphatic carbocycles. The van der Waals surface area contributed by atoms with Crippen molar-refractivity contribution in [2.75, 3.05) is 44.9 Å². The quantitative estimate of drug-likeness (QED) is 0.667. The number of hydrogen-bond donors (Lipinski definition) is 0. The number of rotatable bonds is 7. The molecule has 1 aliphatic heterocycles. The van der Waals surface area contributed by atoms with Gasteiger partial charge >= 0.3 is 0 Å². The highest BCUT2D eigenvalue weighted by molar-refractivity contribution is 7.88. The fraction of sp³-hybridized carbons (Fsp3) is 1.00. The molecule has 0 spiro atoms. The van der Waals surface area contributed by atoms with Gasteiger partial charge in [-0.1, -0.05) is 0 Å². The van der Waals surface area contributed by atoms with Crippen LogP contribution in [0.5, 0.6) is 0 Å². The largest absolute Gasteiger partial charge is 0.296 e. The second-order valence-corrected chi connectivity index (χ2v) is 7.33. The highest BCUT2D eigenvalue weighted by Gasteiger charge is 2.27. The number of nitrogens with zero attached hydrogens (tertiary/aromatic N) is 2. The zero-order valence-electron chi connectivity index (χ0n) is 11.1. The van der Waals surface area contributed by atoms with Gasteiger partial charge in [-0.25, -0.2) is 21.5 Å². The van der Waals surface area contributed by atoms with Gasteiger partial charge in [-0.3, -0.25) is 4.90 Å². The molecular formula is C11H21ClF2N2O2S. The smallest absolute Gasteiger partial charge is 0.251 e. The summed E-state index contributed by atoms with van der Waals surface area (Å²) in [6, 6.07) is 0. The summed E-state index contributed by atoms with van der Waals surface area (Å²) < 4.78 is 49.3. The first-order chi connectivity index (χ1) is 8.82. The summed E-state index contributed by atoms with van der Waals surface area (Å²) >= 11 is 5.61. The van der Waals surface area contributed by atoms with Crippen LogP contribution >= 0.6 is 11.6 Å². The molecule has 114 valence electrons. The van der Waals surface area contributed by atoms with Gasteiger partial charge in [0, 0.05) is 32.1 Å².